The SMILES string of the molecule is Brc1cccc2c3c([nH]c12)CCN(Cc1cnc2n1CCC2)C3. The van der Waals surface area contributed by atoms with Crippen LogP contribution in [0, 0.1) is 0 Å². The molecule has 5 rings (SSSR count). The van der Waals surface area contributed by atoms with Gasteiger partial charge in [-0.1, -0.05) is 12.1 Å². The molecule has 5 heteroatoms. The Kier molecular flexibility index (Phi) is 3.13. The number of hydrogen-bond acceptors (Lipinski definition) is 2. The van der Waals surface area contributed by atoms with Gasteiger partial charge in [-0.3, -0.25) is 4.90 Å². The van der Waals surface area contributed by atoms with E-state index in [-0.39, 0.29) is 0 Å². The number of fused-ring (bicyclic) bond motifs is 4. The van der Waals surface area contributed by atoms with Crippen LogP contribution in [0.4, 0.5) is 0 Å². The molecule has 0 fully saturated rings. The second-order valence-electron chi connectivity index (χ2n) is 6.63. The van der Waals surface area contributed by atoms with Crippen LogP contribution in [0.3, 0.4) is 0 Å². The summed E-state index contributed by atoms with van der Waals surface area (Å²) in [5.41, 5.74) is 5.49. The molecule has 1 N–H and O–H groups in total. The summed E-state index contributed by atoms with van der Waals surface area (Å²) in [6, 6.07) is 6.47. The Balaban J connectivity index is 1.45. The average Bonchev–Trinajstić information content (AvgIpc) is 3.24. The predicted molar refractivity (Wildman–Crippen MR) is 94.4 cm³/mol. The third kappa shape index (κ3) is 2.17. The zero-order valence-corrected chi connectivity index (χ0v) is 14.6. The second kappa shape index (κ2) is 5.21. The van der Waals surface area contributed by atoms with Gasteiger partial charge in [0.05, 0.1) is 11.2 Å². The number of aromatic nitrogens is 3. The first-order valence-corrected chi connectivity index (χ1v) is 9.12. The maximum absolute atomic E-state index is 4.58. The molecular weight excluding hydrogens is 352 g/mol. The van der Waals surface area contributed by atoms with Gasteiger partial charge in [-0.2, -0.15) is 0 Å². The molecule has 118 valence electrons. The van der Waals surface area contributed by atoms with Crippen LogP contribution in [0.2, 0.25) is 0 Å². The van der Waals surface area contributed by atoms with Crippen molar-refractivity contribution < 1.29 is 0 Å². The van der Waals surface area contributed by atoms with Crippen molar-refractivity contribution in [2.45, 2.75) is 38.9 Å². The minimum atomic E-state index is 1.01. The molecule has 23 heavy (non-hydrogen) atoms. The number of aryl methyl sites for hydroxylation is 1. The molecule has 2 aliphatic rings. The highest BCUT2D eigenvalue weighted by molar-refractivity contribution is 9.10. The molecule has 0 amide bonds. The molecule has 4 heterocycles. The molecule has 1 aromatic carbocycles. The van der Waals surface area contributed by atoms with E-state index in [9.17, 15) is 0 Å². The largest absolute Gasteiger partial charge is 0.357 e. The number of rotatable bonds is 2. The van der Waals surface area contributed by atoms with Crippen molar-refractivity contribution in [1.29, 1.82) is 0 Å². The van der Waals surface area contributed by atoms with Crippen molar-refractivity contribution in [2.75, 3.05) is 6.54 Å². The molecule has 0 bridgehead atoms. The summed E-state index contributed by atoms with van der Waals surface area (Å²) in [6.07, 6.45) is 5.56. The zero-order chi connectivity index (χ0) is 15.4. The zero-order valence-electron chi connectivity index (χ0n) is 13.0. The summed E-state index contributed by atoms with van der Waals surface area (Å²) >= 11 is 3.66. The van der Waals surface area contributed by atoms with Crippen molar-refractivity contribution in [1.82, 2.24) is 19.4 Å². The van der Waals surface area contributed by atoms with Crippen molar-refractivity contribution >= 4 is 26.8 Å². The smallest absolute Gasteiger partial charge is 0.108 e. The standard InChI is InChI=1S/C18H19BrN4/c19-15-4-1-3-13-14-11-22(8-6-16(14)21-18(13)15)10-12-9-20-17-5-2-7-23(12)17/h1,3-4,9,21H,2,5-8,10-11H2. The van der Waals surface area contributed by atoms with Crippen LogP contribution in [-0.4, -0.2) is 26.0 Å². The van der Waals surface area contributed by atoms with Gasteiger partial charge in [0.1, 0.15) is 5.82 Å². The van der Waals surface area contributed by atoms with Crippen LogP contribution in [0.15, 0.2) is 28.9 Å². The van der Waals surface area contributed by atoms with Gasteiger partial charge in [-0.05, 0) is 34.0 Å². The second-order valence-corrected chi connectivity index (χ2v) is 7.48. The molecule has 3 aromatic rings. The summed E-state index contributed by atoms with van der Waals surface area (Å²) in [5.74, 6) is 1.27. The minimum absolute atomic E-state index is 1.01. The highest BCUT2D eigenvalue weighted by Crippen LogP contribution is 2.32. The minimum Gasteiger partial charge on any atom is -0.357 e. The summed E-state index contributed by atoms with van der Waals surface area (Å²) in [6.45, 7) is 4.28. The molecule has 0 spiro atoms. The Morgan fingerprint density at radius 3 is 3.13 bits per heavy atom. The summed E-state index contributed by atoms with van der Waals surface area (Å²) < 4.78 is 3.57. The van der Waals surface area contributed by atoms with Crippen molar-refractivity contribution in [3.63, 3.8) is 0 Å². The monoisotopic (exact) mass is 370 g/mol. The van der Waals surface area contributed by atoms with E-state index in [1.807, 2.05) is 0 Å². The topological polar surface area (TPSA) is 36.9 Å². The predicted octanol–water partition coefficient (Wildman–Crippen LogP) is 3.63. The molecule has 0 radical (unpaired) electrons. The van der Waals surface area contributed by atoms with Gasteiger partial charge in [-0.15, -0.1) is 0 Å². The third-order valence-corrected chi connectivity index (χ3v) is 5.89. The molecule has 4 nitrogen and oxygen atoms in total. The van der Waals surface area contributed by atoms with E-state index in [2.05, 4.69) is 59.8 Å². The van der Waals surface area contributed by atoms with Gasteiger partial charge in [0.25, 0.3) is 0 Å². The molecule has 2 aromatic heterocycles. The number of halogens is 1. The quantitative estimate of drug-likeness (QED) is 0.747. The van der Waals surface area contributed by atoms with E-state index in [1.54, 1.807) is 0 Å². The van der Waals surface area contributed by atoms with Crippen LogP contribution >= 0.6 is 15.9 Å². The molecule has 2 aliphatic heterocycles. The first kappa shape index (κ1) is 13.8. The average molecular weight is 371 g/mol. The Morgan fingerprint density at radius 2 is 2.17 bits per heavy atom. The van der Waals surface area contributed by atoms with Crippen molar-refractivity contribution in [3.05, 3.63) is 51.6 Å². The van der Waals surface area contributed by atoms with E-state index in [0.29, 0.717) is 0 Å². The molecular formula is C18H19BrN4. The van der Waals surface area contributed by atoms with E-state index in [1.165, 1.54) is 40.1 Å². The fraction of sp³-hybridized carbons (Fsp3) is 0.389. The summed E-state index contributed by atoms with van der Waals surface area (Å²) in [5, 5.41) is 1.36. The lowest BCUT2D eigenvalue weighted by molar-refractivity contribution is 0.239. The molecule has 0 saturated heterocycles. The Morgan fingerprint density at radius 1 is 1.22 bits per heavy atom. The maximum Gasteiger partial charge on any atom is 0.108 e. The molecule has 0 unspecified atom stereocenters. The number of benzene rings is 1. The first-order valence-electron chi connectivity index (χ1n) is 8.33. The van der Waals surface area contributed by atoms with E-state index in [0.717, 1.165) is 43.5 Å². The summed E-state index contributed by atoms with van der Waals surface area (Å²) in [7, 11) is 0. The molecule has 0 saturated carbocycles. The molecule has 0 aliphatic carbocycles. The third-order valence-electron chi connectivity index (χ3n) is 5.23. The number of nitrogens with zero attached hydrogens (tertiary/aromatic N) is 3. The highest BCUT2D eigenvalue weighted by Gasteiger charge is 2.23. The van der Waals surface area contributed by atoms with Gasteiger partial charge >= 0.3 is 0 Å². The number of imidazole rings is 1. The number of H-pyrrole nitrogens is 1. The first-order chi connectivity index (χ1) is 11.3. The normalized spacial score (nSPS) is 17.6. The van der Waals surface area contributed by atoms with Gasteiger partial charge in [0.2, 0.25) is 0 Å². The number of para-hydroxylation sites is 1. The van der Waals surface area contributed by atoms with Crippen LogP contribution in [-0.2, 0) is 32.5 Å². The Labute approximate surface area is 143 Å². The summed E-state index contributed by atoms with van der Waals surface area (Å²) in [4.78, 5) is 10.8. The van der Waals surface area contributed by atoms with Crippen LogP contribution in [0.25, 0.3) is 10.9 Å². The van der Waals surface area contributed by atoms with Crippen LogP contribution in [0.5, 0.6) is 0 Å². The highest BCUT2D eigenvalue weighted by atomic mass is 79.9. The lowest BCUT2D eigenvalue weighted by Gasteiger charge is -2.27. The van der Waals surface area contributed by atoms with Gasteiger partial charge in [0, 0.05) is 60.8 Å². The number of hydrogen-bond donors (Lipinski definition) is 1. The maximum atomic E-state index is 4.58. The Bertz CT molecular complexity index is 892. The van der Waals surface area contributed by atoms with E-state index in [4.69, 9.17) is 0 Å². The van der Waals surface area contributed by atoms with Gasteiger partial charge in [-0.25, -0.2) is 4.98 Å². The Hall–Kier alpha value is -1.59. The van der Waals surface area contributed by atoms with Gasteiger partial charge in [0.15, 0.2) is 0 Å². The fourth-order valence-corrected chi connectivity index (χ4v) is 4.54. The lowest BCUT2D eigenvalue weighted by atomic mass is 10.0. The van der Waals surface area contributed by atoms with E-state index < -0.39 is 0 Å². The number of aromatic amines is 1. The van der Waals surface area contributed by atoms with Crippen molar-refractivity contribution in [3.8, 4) is 0 Å². The van der Waals surface area contributed by atoms with Gasteiger partial charge < -0.3 is 9.55 Å². The van der Waals surface area contributed by atoms with Crippen molar-refractivity contribution in [2.24, 2.45) is 0 Å². The van der Waals surface area contributed by atoms with Crippen LogP contribution in [0.1, 0.15) is 29.2 Å². The van der Waals surface area contributed by atoms with E-state index >= 15 is 0 Å². The lowest BCUT2D eigenvalue weighted by Crippen LogP contribution is -2.30. The van der Waals surface area contributed by atoms with Crippen LogP contribution < -0.4 is 0 Å². The number of nitrogens with one attached hydrogen (secondary N) is 1. The fourth-order valence-electron chi connectivity index (χ4n) is 4.07. The molecule has 0 atom stereocenters.